The van der Waals surface area contributed by atoms with Gasteiger partial charge in [-0.1, -0.05) is 24.3 Å². The van der Waals surface area contributed by atoms with Crippen LogP contribution in [0.3, 0.4) is 0 Å². The van der Waals surface area contributed by atoms with Crippen LogP contribution in [0.25, 0.3) is 0 Å². The maximum absolute atomic E-state index is 11.8. The summed E-state index contributed by atoms with van der Waals surface area (Å²) in [6, 6.07) is 7.27. The van der Waals surface area contributed by atoms with Crippen LogP contribution in [0.15, 0.2) is 36.4 Å². The minimum atomic E-state index is -0.849. The largest absolute Gasteiger partial charge is 0.481 e. The molecule has 1 aliphatic carbocycles. The summed E-state index contributed by atoms with van der Waals surface area (Å²) in [4.78, 5) is 22.6. The zero-order chi connectivity index (χ0) is 14.5. The molecule has 0 aliphatic heterocycles. The highest BCUT2D eigenvalue weighted by Crippen LogP contribution is 2.18. The van der Waals surface area contributed by atoms with Gasteiger partial charge in [0, 0.05) is 18.2 Å². The molecule has 2 atom stereocenters. The first kappa shape index (κ1) is 14.1. The Labute approximate surface area is 117 Å². The number of rotatable bonds is 5. The quantitative estimate of drug-likeness (QED) is 0.558. The highest BCUT2D eigenvalue weighted by Gasteiger charge is 2.25. The summed E-state index contributed by atoms with van der Waals surface area (Å²) < 4.78 is 0. The molecule has 0 fully saturated rings. The van der Waals surface area contributed by atoms with Crippen LogP contribution in [-0.4, -0.2) is 23.0 Å². The van der Waals surface area contributed by atoms with Gasteiger partial charge in [-0.3, -0.25) is 9.59 Å². The zero-order valence-electron chi connectivity index (χ0n) is 11.1. The van der Waals surface area contributed by atoms with Crippen LogP contribution in [0.5, 0.6) is 0 Å². The fraction of sp³-hybridized carbons (Fsp3) is 0.333. The van der Waals surface area contributed by atoms with Crippen molar-refractivity contribution in [3.05, 3.63) is 42.0 Å². The first-order valence-corrected chi connectivity index (χ1v) is 6.59. The molecular weight excluding hydrogens is 256 g/mol. The Bertz CT molecular complexity index is 540. The topological polar surface area (TPSA) is 92.4 Å². The molecule has 106 valence electrons. The van der Waals surface area contributed by atoms with E-state index in [-0.39, 0.29) is 11.9 Å². The van der Waals surface area contributed by atoms with Crippen molar-refractivity contribution >= 4 is 17.6 Å². The lowest BCUT2D eigenvalue weighted by Crippen LogP contribution is -2.33. The number of hydrogen-bond donors (Lipinski definition) is 3. The van der Waals surface area contributed by atoms with Crippen molar-refractivity contribution in [3.63, 3.8) is 0 Å². The van der Waals surface area contributed by atoms with Gasteiger partial charge >= 0.3 is 5.97 Å². The van der Waals surface area contributed by atoms with E-state index in [0.29, 0.717) is 24.9 Å². The van der Waals surface area contributed by atoms with E-state index in [9.17, 15) is 9.59 Å². The molecule has 0 heterocycles. The Morgan fingerprint density at radius 2 is 2.15 bits per heavy atom. The molecule has 2 rings (SSSR count). The predicted octanol–water partition coefficient (Wildman–Crippen LogP) is 1.35. The number of carbonyl (C=O) groups is 2. The number of carboxylic acids is 1. The number of nitrogens with one attached hydrogen (secondary N) is 1. The molecule has 1 amide bonds. The van der Waals surface area contributed by atoms with Crippen molar-refractivity contribution in [2.75, 3.05) is 5.73 Å². The Kier molecular flexibility index (Phi) is 4.40. The molecule has 5 heteroatoms. The van der Waals surface area contributed by atoms with Crippen LogP contribution in [0.4, 0.5) is 5.69 Å². The van der Waals surface area contributed by atoms with Crippen LogP contribution < -0.4 is 11.1 Å². The molecule has 0 bridgehead atoms. The number of benzene rings is 1. The maximum atomic E-state index is 11.8. The third kappa shape index (κ3) is 3.85. The Balaban J connectivity index is 1.77. The highest BCUT2D eigenvalue weighted by atomic mass is 16.4. The lowest BCUT2D eigenvalue weighted by atomic mass is 10.1. The standard InChI is InChI=1S/C15H18N2O3/c16-12-3-1-2-10(8-12)4-7-14(18)17-13-6-5-11(9-13)15(19)20/h1-3,5-6,8,11,13H,4,7,9,16H2,(H,17,18)(H,19,20). The second-order valence-electron chi connectivity index (χ2n) is 4.98. The van der Waals surface area contributed by atoms with Gasteiger partial charge in [0.2, 0.25) is 5.91 Å². The molecule has 0 aromatic heterocycles. The van der Waals surface area contributed by atoms with Gasteiger partial charge < -0.3 is 16.2 Å². The summed E-state index contributed by atoms with van der Waals surface area (Å²) in [5, 5.41) is 11.7. The van der Waals surface area contributed by atoms with E-state index in [0.717, 1.165) is 5.56 Å². The van der Waals surface area contributed by atoms with E-state index in [1.165, 1.54) is 0 Å². The van der Waals surface area contributed by atoms with Crippen molar-refractivity contribution < 1.29 is 14.7 Å². The first-order valence-electron chi connectivity index (χ1n) is 6.59. The number of nitrogens with two attached hydrogens (primary N) is 1. The number of anilines is 1. The molecule has 0 saturated heterocycles. The second kappa shape index (κ2) is 6.23. The number of carboxylic acid groups (broad SMARTS) is 1. The fourth-order valence-electron chi connectivity index (χ4n) is 2.27. The predicted molar refractivity (Wildman–Crippen MR) is 76.0 cm³/mol. The summed E-state index contributed by atoms with van der Waals surface area (Å²) in [7, 11) is 0. The Hall–Kier alpha value is -2.30. The van der Waals surface area contributed by atoms with Gasteiger partial charge in [-0.25, -0.2) is 0 Å². The number of amides is 1. The van der Waals surface area contributed by atoms with Crippen molar-refractivity contribution in [2.45, 2.75) is 25.3 Å². The van der Waals surface area contributed by atoms with Gasteiger partial charge in [-0.05, 0) is 30.5 Å². The molecule has 20 heavy (non-hydrogen) atoms. The van der Waals surface area contributed by atoms with E-state index in [1.807, 2.05) is 18.2 Å². The molecule has 2 unspecified atom stereocenters. The third-order valence-electron chi connectivity index (χ3n) is 3.34. The molecule has 5 nitrogen and oxygen atoms in total. The van der Waals surface area contributed by atoms with E-state index >= 15 is 0 Å². The van der Waals surface area contributed by atoms with Gasteiger partial charge in [-0.15, -0.1) is 0 Å². The number of carbonyl (C=O) groups excluding carboxylic acids is 1. The number of aliphatic carboxylic acids is 1. The van der Waals surface area contributed by atoms with Crippen LogP contribution >= 0.6 is 0 Å². The van der Waals surface area contributed by atoms with Crippen LogP contribution in [0.2, 0.25) is 0 Å². The van der Waals surface area contributed by atoms with Crippen LogP contribution in [0.1, 0.15) is 18.4 Å². The van der Waals surface area contributed by atoms with E-state index in [1.54, 1.807) is 18.2 Å². The molecule has 1 aliphatic rings. The number of hydrogen-bond acceptors (Lipinski definition) is 3. The van der Waals surface area contributed by atoms with Gasteiger partial charge in [0.05, 0.1) is 5.92 Å². The maximum Gasteiger partial charge on any atom is 0.310 e. The first-order chi connectivity index (χ1) is 9.54. The monoisotopic (exact) mass is 274 g/mol. The summed E-state index contributed by atoms with van der Waals surface area (Å²) in [5.74, 6) is -1.42. The smallest absolute Gasteiger partial charge is 0.310 e. The molecule has 0 saturated carbocycles. The minimum Gasteiger partial charge on any atom is -0.481 e. The lowest BCUT2D eigenvalue weighted by molar-refractivity contribution is -0.140. The average Bonchev–Trinajstić information content (AvgIpc) is 2.85. The summed E-state index contributed by atoms with van der Waals surface area (Å²) in [5.41, 5.74) is 7.38. The SMILES string of the molecule is Nc1cccc(CCC(=O)NC2C=CC(C(=O)O)C2)c1. The molecule has 1 aromatic rings. The van der Waals surface area contributed by atoms with Crippen molar-refractivity contribution in [1.82, 2.24) is 5.32 Å². The van der Waals surface area contributed by atoms with Gasteiger partial charge in [0.25, 0.3) is 0 Å². The van der Waals surface area contributed by atoms with Gasteiger partial charge in [-0.2, -0.15) is 0 Å². The van der Waals surface area contributed by atoms with Gasteiger partial charge in [0.15, 0.2) is 0 Å². The van der Waals surface area contributed by atoms with Crippen molar-refractivity contribution in [2.24, 2.45) is 5.92 Å². The lowest BCUT2D eigenvalue weighted by Gasteiger charge is -2.12. The summed E-state index contributed by atoms with van der Waals surface area (Å²) in [6.45, 7) is 0. The fourth-order valence-corrected chi connectivity index (χ4v) is 2.27. The molecular formula is C15H18N2O3. The zero-order valence-corrected chi connectivity index (χ0v) is 11.1. The Morgan fingerprint density at radius 3 is 2.80 bits per heavy atom. The number of nitrogen functional groups attached to an aromatic ring is 1. The second-order valence-corrected chi connectivity index (χ2v) is 4.98. The summed E-state index contributed by atoms with van der Waals surface area (Å²) >= 11 is 0. The van der Waals surface area contributed by atoms with Crippen molar-refractivity contribution in [1.29, 1.82) is 0 Å². The third-order valence-corrected chi connectivity index (χ3v) is 3.34. The number of aryl methyl sites for hydroxylation is 1. The molecule has 1 aromatic carbocycles. The highest BCUT2D eigenvalue weighted by molar-refractivity contribution is 5.78. The van der Waals surface area contributed by atoms with E-state index in [4.69, 9.17) is 10.8 Å². The van der Waals surface area contributed by atoms with Crippen molar-refractivity contribution in [3.8, 4) is 0 Å². The normalized spacial score (nSPS) is 20.8. The van der Waals surface area contributed by atoms with E-state index < -0.39 is 11.9 Å². The van der Waals surface area contributed by atoms with Gasteiger partial charge in [0.1, 0.15) is 0 Å². The summed E-state index contributed by atoms with van der Waals surface area (Å²) in [6.07, 6.45) is 4.79. The molecule has 4 N–H and O–H groups in total. The molecule has 0 spiro atoms. The minimum absolute atomic E-state index is 0.0758. The molecule has 0 radical (unpaired) electrons. The van der Waals surface area contributed by atoms with Crippen LogP contribution in [-0.2, 0) is 16.0 Å². The van der Waals surface area contributed by atoms with Crippen LogP contribution in [0, 0.1) is 5.92 Å². The Morgan fingerprint density at radius 1 is 1.35 bits per heavy atom. The average molecular weight is 274 g/mol. The van der Waals surface area contributed by atoms with E-state index in [2.05, 4.69) is 5.32 Å².